The molecule has 1 aromatic carbocycles. The Hall–Kier alpha value is -1.40. The molecule has 0 saturated heterocycles. The maximum atomic E-state index is 12.6. The van der Waals surface area contributed by atoms with Gasteiger partial charge in [-0.3, -0.25) is 0 Å². The van der Waals surface area contributed by atoms with Gasteiger partial charge in [-0.2, -0.15) is 0 Å². The summed E-state index contributed by atoms with van der Waals surface area (Å²) in [6.45, 7) is 0. The molecule has 1 aliphatic rings. The van der Waals surface area contributed by atoms with Crippen LogP contribution < -0.4 is 4.74 Å². The largest absolute Gasteiger partial charge is 0.439 e. The molecule has 0 spiro atoms. The lowest BCUT2D eigenvalue weighted by atomic mass is 10.0. The molecule has 0 N–H and O–H groups in total. The monoisotopic (exact) mass is 395 g/mol. The van der Waals surface area contributed by atoms with Crippen molar-refractivity contribution in [3.8, 4) is 11.6 Å². The van der Waals surface area contributed by atoms with E-state index in [2.05, 4.69) is 20.9 Å². The van der Waals surface area contributed by atoms with Gasteiger partial charge in [0.1, 0.15) is 5.75 Å². The number of ether oxygens (including phenoxy) is 1. The smallest absolute Gasteiger partial charge is 0.219 e. The van der Waals surface area contributed by atoms with Crippen molar-refractivity contribution < 1.29 is 13.2 Å². The number of rotatable bonds is 4. The molecule has 1 saturated carbocycles. The average Bonchev–Trinajstić information content (AvgIpc) is 2.58. The molecule has 1 heterocycles. The predicted molar refractivity (Wildman–Crippen MR) is 92.5 cm³/mol. The Kier molecular flexibility index (Phi) is 5.02. The Morgan fingerprint density at radius 1 is 1.00 bits per heavy atom. The molecular formula is C17H18BrNO3S. The minimum atomic E-state index is -3.28. The van der Waals surface area contributed by atoms with Gasteiger partial charge in [0.2, 0.25) is 5.88 Å². The molecule has 0 bridgehead atoms. The van der Waals surface area contributed by atoms with E-state index in [1.807, 2.05) is 24.3 Å². The van der Waals surface area contributed by atoms with Gasteiger partial charge in [0.15, 0.2) is 9.84 Å². The fourth-order valence-electron chi connectivity index (χ4n) is 2.79. The molecule has 122 valence electrons. The molecule has 4 nitrogen and oxygen atoms in total. The Morgan fingerprint density at radius 2 is 1.70 bits per heavy atom. The summed E-state index contributed by atoms with van der Waals surface area (Å²) in [5, 5.41) is -0.267. The van der Waals surface area contributed by atoms with Gasteiger partial charge in [-0.15, -0.1) is 0 Å². The van der Waals surface area contributed by atoms with E-state index in [0.717, 1.165) is 36.6 Å². The van der Waals surface area contributed by atoms with Crippen LogP contribution in [-0.4, -0.2) is 18.7 Å². The second-order valence-electron chi connectivity index (χ2n) is 5.69. The molecule has 6 heteroatoms. The fraction of sp³-hybridized carbons (Fsp3) is 0.353. The lowest BCUT2D eigenvalue weighted by Crippen LogP contribution is -2.24. The quantitative estimate of drug-likeness (QED) is 0.749. The van der Waals surface area contributed by atoms with Crippen LogP contribution in [0.1, 0.15) is 32.1 Å². The zero-order valence-electron chi connectivity index (χ0n) is 12.6. The second-order valence-corrected chi connectivity index (χ2v) is 8.84. The lowest BCUT2D eigenvalue weighted by molar-refractivity contribution is 0.461. The highest BCUT2D eigenvalue weighted by atomic mass is 79.9. The molecule has 1 aromatic heterocycles. The van der Waals surface area contributed by atoms with Crippen molar-refractivity contribution in [1.29, 1.82) is 0 Å². The first kappa shape index (κ1) is 16.5. The van der Waals surface area contributed by atoms with Gasteiger partial charge in [-0.05, 0) is 43.2 Å². The van der Waals surface area contributed by atoms with E-state index in [1.54, 1.807) is 12.1 Å². The highest BCUT2D eigenvalue weighted by Crippen LogP contribution is 2.29. The molecule has 0 radical (unpaired) electrons. The maximum Gasteiger partial charge on any atom is 0.219 e. The molecular weight excluding hydrogens is 378 g/mol. The van der Waals surface area contributed by atoms with Crippen molar-refractivity contribution in [2.24, 2.45) is 0 Å². The lowest BCUT2D eigenvalue weighted by Gasteiger charge is -2.21. The first-order valence-electron chi connectivity index (χ1n) is 7.69. The molecule has 0 unspecified atom stereocenters. The van der Waals surface area contributed by atoms with Crippen LogP contribution in [0.5, 0.6) is 11.6 Å². The number of sulfone groups is 1. The van der Waals surface area contributed by atoms with Crippen LogP contribution in [-0.2, 0) is 9.84 Å². The highest BCUT2D eigenvalue weighted by Gasteiger charge is 2.29. The molecule has 0 aliphatic heterocycles. The molecule has 2 aromatic rings. The number of hydrogen-bond acceptors (Lipinski definition) is 4. The van der Waals surface area contributed by atoms with Gasteiger partial charge in [-0.1, -0.05) is 35.2 Å². The third kappa shape index (κ3) is 3.93. The normalized spacial score (nSPS) is 16.2. The third-order valence-electron chi connectivity index (χ3n) is 4.06. The molecule has 0 atom stereocenters. The maximum absolute atomic E-state index is 12.6. The standard InChI is InChI=1S/C17H18BrNO3S/c18-13-6-8-14(9-7-13)22-17-11-10-16(12-19-17)23(20,21)15-4-2-1-3-5-15/h6-12,15H,1-5H2. The number of hydrogen-bond donors (Lipinski definition) is 0. The van der Waals surface area contributed by atoms with E-state index in [0.29, 0.717) is 11.6 Å². The van der Waals surface area contributed by atoms with Gasteiger partial charge >= 0.3 is 0 Å². The Balaban J connectivity index is 1.74. The number of nitrogens with zero attached hydrogens (tertiary/aromatic N) is 1. The summed E-state index contributed by atoms with van der Waals surface area (Å²) in [4.78, 5) is 4.43. The van der Waals surface area contributed by atoms with Crippen molar-refractivity contribution in [1.82, 2.24) is 4.98 Å². The van der Waals surface area contributed by atoms with Crippen LogP contribution in [0.4, 0.5) is 0 Å². The fourth-order valence-corrected chi connectivity index (χ4v) is 4.85. The summed E-state index contributed by atoms with van der Waals surface area (Å²) < 4.78 is 31.8. The van der Waals surface area contributed by atoms with E-state index in [4.69, 9.17) is 4.74 Å². The van der Waals surface area contributed by atoms with Crippen LogP contribution in [0.2, 0.25) is 0 Å². The van der Waals surface area contributed by atoms with Crippen molar-refractivity contribution in [3.05, 3.63) is 47.1 Å². The second kappa shape index (κ2) is 7.01. The number of benzene rings is 1. The van der Waals surface area contributed by atoms with Gasteiger partial charge < -0.3 is 4.74 Å². The van der Waals surface area contributed by atoms with Gasteiger partial charge in [0.05, 0.1) is 10.1 Å². The molecule has 3 rings (SSSR count). The van der Waals surface area contributed by atoms with E-state index < -0.39 is 9.84 Å². The minimum absolute atomic E-state index is 0.267. The summed E-state index contributed by atoms with van der Waals surface area (Å²) in [7, 11) is -3.28. The molecule has 1 fully saturated rings. The Morgan fingerprint density at radius 3 is 2.30 bits per heavy atom. The molecule has 0 amide bonds. The third-order valence-corrected chi connectivity index (χ3v) is 6.84. The van der Waals surface area contributed by atoms with Gasteiger partial charge in [-0.25, -0.2) is 13.4 Å². The van der Waals surface area contributed by atoms with Crippen molar-refractivity contribution in [2.45, 2.75) is 42.2 Å². The summed E-state index contributed by atoms with van der Waals surface area (Å²) in [6, 6.07) is 10.6. The first-order chi connectivity index (χ1) is 11.1. The summed E-state index contributed by atoms with van der Waals surface area (Å²) in [6.07, 6.45) is 6.01. The number of pyridine rings is 1. The number of aromatic nitrogens is 1. The topological polar surface area (TPSA) is 56.3 Å². The molecule has 23 heavy (non-hydrogen) atoms. The average molecular weight is 396 g/mol. The van der Waals surface area contributed by atoms with Crippen LogP contribution >= 0.6 is 15.9 Å². The zero-order valence-corrected chi connectivity index (χ0v) is 15.0. The summed E-state index contributed by atoms with van der Waals surface area (Å²) in [5.41, 5.74) is 0. The summed E-state index contributed by atoms with van der Waals surface area (Å²) >= 11 is 3.36. The van der Waals surface area contributed by atoms with Crippen LogP contribution in [0.3, 0.4) is 0 Å². The summed E-state index contributed by atoms with van der Waals surface area (Å²) in [5.74, 6) is 1.04. The van der Waals surface area contributed by atoms with Crippen LogP contribution in [0, 0.1) is 0 Å². The van der Waals surface area contributed by atoms with Crippen molar-refractivity contribution >= 4 is 25.8 Å². The van der Waals surface area contributed by atoms with E-state index in [1.165, 1.54) is 6.20 Å². The van der Waals surface area contributed by atoms with Crippen LogP contribution in [0.15, 0.2) is 52.0 Å². The van der Waals surface area contributed by atoms with E-state index in [-0.39, 0.29) is 10.1 Å². The Labute approximate surface area is 144 Å². The number of halogens is 1. The van der Waals surface area contributed by atoms with Crippen molar-refractivity contribution in [2.75, 3.05) is 0 Å². The Bertz CT molecular complexity index is 751. The minimum Gasteiger partial charge on any atom is -0.439 e. The van der Waals surface area contributed by atoms with Gasteiger partial charge in [0, 0.05) is 16.7 Å². The van der Waals surface area contributed by atoms with Gasteiger partial charge in [0.25, 0.3) is 0 Å². The highest BCUT2D eigenvalue weighted by molar-refractivity contribution is 9.10. The SMILES string of the molecule is O=S(=O)(c1ccc(Oc2ccc(Br)cc2)nc1)C1CCCCC1. The zero-order chi connectivity index (χ0) is 16.3. The van der Waals surface area contributed by atoms with E-state index in [9.17, 15) is 8.42 Å². The predicted octanol–water partition coefficient (Wildman–Crippen LogP) is 4.74. The van der Waals surface area contributed by atoms with Crippen LogP contribution in [0.25, 0.3) is 0 Å². The van der Waals surface area contributed by atoms with E-state index >= 15 is 0 Å². The molecule has 1 aliphatic carbocycles. The van der Waals surface area contributed by atoms with Crippen molar-refractivity contribution in [3.63, 3.8) is 0 Å². The first-order valence-corrected chi connectivity index (χ1v) is 10.0.